The fourth-order valence-electron chi connectivity index (χ4n) is 3.28. The first-order chi connectivity index (χ1) is 13.2. The average molecular weight is 512 g/mol. The van der Waals surface area contributed by atoms with Crippen molar-refractivity contribution in [3.63, 3.8) is 0 Å². The molecule has 1 atom stereocenters. The van der Waals surface area contributed by atoms with E-state index in [2.05, 4.69) is 22.5 Å². The smallest absolute Gasteiger partial charge is 0.409 e. The summed E-state index contributed by atoms with van der Waals surface area (Å²) in [4.78, 5) is 18.2. The van der Waals surface area contributed by atoms with Crippen LogP contribution in [-0.2, 0) is 14.2 Å². The van der Waals surface area contributed by atoms with Gasteiger partial charge in [-0.2, -0.15) is 0 Å². The van der Waals surface area contributed by atoms with Crippen molar-refractivity contribution in [2.45, 2.75) is 58.1 Å². The number of carbonyl (C=O) groups excluding carboxylic acids is 1. The second kappa shape index (κ2) is 15.1. The molecule has 2 saturated heterocycles. The van der Waals surface area contributed by atoms with Gasteiger partial charge in [-0.15, -0.1) is 24.0 Å². The van der Waals surface area contributed by atoms with Crippen LogP contribution in [0.2, 0.25) is 0 Å². The molecular weight excluding hydrogens is 475 g/mol. The molecule has 0 aromatic rings. The molecule has 2 aliphatic rings. The summed E-state index contributed by atoms with van der Waals surface area (Å²) in [5.41, 5.74) is 0. The molecule has 0 bridgehead atoms. The topological polar surface area (TPSA) is 84.4 Å². The number of amides is 1. The second-order valence-corrected chi connectivity index (χ2v) is 6.93. The Morgan fingerprint density at radius 1 is 1.25 bits per heavy atom. The van der Waals surface area contributed by atoms with Crippen LogP contribution in [0.25, 0.3) is 0 Å². The molecule has 0 radical (unpaired) electrons. The van der Waals surface area contributed by atoms with Crippen molar-refractivity contribution in [1.29, 1.82) is 0 Å². The maximum Gasteiger partial charge on any atom is 0.409 e. The van der Waals surface area contributed by atoms with Crippen LogP contribution in [0.5, 0.6) is 0 Å². The number of guanidine groups is 1. The van der Waals surface area contributed by atoms with E-state index in [1.807, 2.05) is 6.92 Å². The highest BCUT2D eigenvalue weighted by molar-refractivity contribution is 14.0. The van der Waals surface area contributed by atoms with Gasteiger partial charge in [-0.25, -0.2) is 4.79 Å². The minimum Gasteiger partial charge on any atom is -0.450 e. The van der Waals surface area contributed by atoms with Crippen LogP contribution >= 0.6 is 24.0 Å². The lowest BCUT2D eigenvalue weighted by atomic mass is 10.1. The number of carbonyl (C=O) groups is 1. The normalized spacial score (nSPS) is 20.6. The van der Waals surface area contributed by atoms with Gasteiger partial charge in [0, 0.05) is 45.4 Å². The first-order valence-corrected chi connectivity index (χ1v) is 10.4. The molecule has 1 amide bonds. The number of likely N-dealkylation sites (tertiary alicyclic amines) is 1. The highest BCUT2D eigenvalue weighted by Gasteiger charge is 2.24. The Morgan fingerprint density at radius 2 is 2.04 bits per heavy atom. The third kappa shape index (κ3) is 9.60. The van der Waals surface area contributed by atoms with Crippen LogP contribution in [0.3, 0.4) is 0 Å². The average Bonchev–Trinajstić information content (AvgIpc) is 3.19. The third-order valence-electron chi connectivity index (χ3n) is 4.75. The fraction of sp³-hybridized carbons (Fsp3) is 0.895. The lowest BCUT2D eigenvalue weighted by Gasteiger charge is -2.32. The number of nitrogens with one attached hydrogen (secondary N) is 2. The summed E-state index contributed by atoms with van der Waals surface area (Å²) in [6, 6.07) is 0.323. The van der Waals surface area contributed by atoms with E-state index < -0.39 is 0 Å². The molecule has 164 valence electrons. The summed E-state index contributed by atoms with van der Waals surface area (Å²) in [6.07, 6.45) is 5.02. The van der Waals surface area contributed by atoms with E-state index in [4.69, 9.17) is 14.2 Å². The van der Waals surface area contributed by atoms with Gasteiger partial charge in [0.25, 0.3) is 0 Å². The molecular formula is C19H37IN4O4. The standard InChI is InChI=1S/C19H36N4O4.HI/c1-3-20-18(21-10-6-13-25-15-17-7-5-14-27-17)22-16-8-11-23(12-9-16)19(24)26-4-2;/h16-17H,3-15H2,1-2H3,(H2,20,21,22);1H. The Hall–Kier alpha value is -0.810. The number of aliphatic imine (C=N–C) groups is 1. The SMILES string of the molecule is CCNC(=NCCCOCC1CCCO1)NC1CCN(C(=O)OCC)CC1.I. The van der Waals surface area contributed by atoms with Gasteiger partial charge in [0.2, 0.25) is 0 Å². The lowest BCUT2D eigenvalue weighted by molar-refractivity contribution is 0.0171. The zero-order chi connectivity index (χ0) is 19.3. The first-order valence-electron chi connectivity index (χ1n) is 10.4. The molecule has 8 nitrogen and oxygen atoms in total. The Bertz CT molecular complexity index is 453. The predicted octanol–water partition coefficient (Wildman–Crippen LogP) is 2.37. The molecule has 28 heavy (non-hydrogen) atoms. The van der Waals surface area contributed by atoms with Gasteiger partial charge in [0.05, 0.1) is 19.3 Å². The number of rotatable bonds is 9. The summed E-state index contributed by atoms with van der Waals surface area (Å²) >= 11 is 0. The Morgan fingerprint density at radius 3 is 2.68 bits per heavy atom. The maximum absolute atomic E-state index is 11.8. The summed E-state index contributed by atoms with van der Waals surface area (Å²) in [5, 5.41) is 6.78. The molecule has 2 N–H and O–H groups in total. The van der Waals surface area contributed by atoms with E-state index in [0.29, 0.717) is 39.0 Å². The second-order valence-electron chi connectivity index (χ2n) is 6.93. The number of halogens is 1. The lowest BCUT2D eigenvalue weighted by Crippen LogP contribution is -2.49. The van der Waals surface area contributed by atoms with E-state index >= 15 is 0 Å². The predicted molar refractivity (Wildman–Crippen MR) is 121 cm³/mol. The molecule has 0 aromatic carbocycles. The maximum atomic E-state index is 11.8. The minimum atomic E-state index is -0.209. The molecule has 0 spiro atoms. The zero-order valence-electron chi connectivity index (χ0n) is 17.3. The molecule has 2 heterocycles. The number of ether oxygens (including phenoxy) is 3. The molecule has 9 heteroatoms. The third-order valence-corrected chi connectivity index (χ3v) is 4.75. The van der Waals surface area contributed by atoms with Crippen LogP contribution in [0, 0.1) is 0 Å². The van der Waals surface area contributed by atoms with Gasteiger partial charge in [0.1, 0.15) is 0 Å². The molecule has 2 rings (SSSR count). The molecule has 0 saturated carbocycles. The summed E-state index contributed by atoms with van der Waals surface area (Å²) < 4.78 is 16.3. The van der Waals surface area contributed by atoms with E-state index in [9.17, 15) is 4.79 Å². The van der Waals surface area contributed by atoms with Gasteiger partial charge in [-0.3, -0.25) is 4.99 Å². The molecule has 1 unspecified atom stereocenters. The quantitative estimate of drug-likeness (QED) is 0.214. The van der Waals surface area contributed by atoms with Crippen molar-refractivity contribution < 1.29 is 19.0 Å². The Balaban J connectivity index is 0.00000392. The van der Waals surface area contributed by atoms with Crippen molar-refractivity contribution in [1.82, 2.24) is 15.5 Å². The van der Waals surface area contributed by atoms with Crippen LogP contribution in [0.1, 0.15) is 46.0 Å². The monoisotopic (exact) mass is 512 g/mol. The van der Waals surface area contributed by atoms with Crippen molar-refractivity contribution in [3.8, 4) is 0 Å². The number of nitrogens with zero attached hydrogens (tertiary/aromatic N) is 2. The van der Waals surface area contributed by atoms with Gasteiger partial charge in [-0.05, 0) is 46.0 Å². The molecule has 2 aliphatic heterocycles. The van der Waals surface area contributed by atoms with Crippen molar-refractivity contribution in [2.75, 3.05) is 52.6 Å². The van der Waals surface area contributed by atoms with E-state index in [1.165, 1.54) is 0 Å². The highest BCUT2D eigenvalue weighted by Crippen LogP contribution is 2.12. The van der Waals surface area contributed by atoms with Crippen LogP contribution in [-0.4, -0.2) is 81.7 Å². The van der Waals surface area contributed by atoms with Crippen molar-refractivity contribution in [2.24, 2.45) is 4.99 Å². The zero-order valence-corrected chi connectivity index (χ0v) is 19.6. The molecule has 2 fully saturated rings. The summed E-state index contributed by atoms with van der Waals surface area (Å²) in [7, 11) is 0. The van der Waals surface area contributed by atoms with Crippen LogP contribution in [0.4, 0.5) is 4.79 Å². The van der Waals surface area contributed by atoms with E-state index in [0.717, 1.165) is 57.8 Å². The minimum absolute atomic E-state index is 0. The van der Waals surface area contributed by atoms with Gasteiger partial charge >= 0.3 is 6.09 Å². The van der Waals surface area contributed by atoms with Crippen molar-refractivity contribution in [3.05, 3.63) is 0 Å². The van der Waals surface area contributed by atoms with Gasteiger partial charge in [0.15, 0.2) is 5.96 Å². The summed E-state index contributed by atoms with van der Waals surface area (Å²) in [5.74, 6) is 0.839. The molecule has 0 aromatic heterocycles. The Labute approximate surface area is 186 Å². The highest BCUT2D eigenvalue weighted by atomic mass is 127. The van der Waals surface area contributed by atoms with Crippen LogP contribution < -0.4 is 10.6 Å². The van der Waals surface area contributed by atoms with Gasteiger partial charge in [-0.1, -0.05) is 0 Å². The largest absolute Gasteiger partial charge is 0.450 e. The number of piperidine rings is 1. The number of hydrogen-bond acceptors (Lipinski definition) is 5. The van der Waals surface area contributed by atoms with Crippen molar-refractivity contribution >= 4 is 36.0 Å². The van der Waals surface area contributed by atoms with Gasteiger partial charge < -0.3 is 29.7 Å². The Kier molecular flexibility index (Phi) is 13.6. The molecule has 0 aliphatic carbocycles. The van der Waals surface area contributed by atoms with Crippen LogP contribution in [0.15, 0.2) is 4.99 Å². The van der Waals surface area contributed by atoms with E-state index in [1.54, 1.807) is 4.90 Å². The summed E-state index contributed by atoms with van der Waals surface area (Å²) in [6.45, 7) is 9.57. The fourth-order valence-corrected chi connectivity index (χ4v) is 3.28. The van der Waals surface area contributed by atoms with E-state index in [-0.39, 0.29) is 36.2 Å². The first kappa shape index (κ1) is 25.2. The number of hydrogen-bond donors (Lipinski definition) is 2.